The Morgan fingerprint density at radius 2 is 1.87 bits per heavy atom. The highest BCUT2D eigenvalue weighted by atomic mass is 16.5. The van der Waals surface area contributed by atoms with Crippen LogP contribution in [0, 0.1) is 0 Å². The molecule has 0 unspecified atom stereocenters. The van der Waals surface area contributed by atoms with Crippen molar-refractivity contribution in [2.24, 2.45) is 0 Å². The molecule has 6 heteroatoms. The van der Waals surface area contributed by atoms with Crippen LogP contribution in [0.25, 0.3) is 11.0 Å². The Hall–Kier alpha value is -2.70. The first-order valence-electron chi connectivity index (χ1n) is 10.8. The molecule has 2 heterocycles. The van der Waals surface area contributed by atoms with E-state index in [4.69, 9.17) is 4.74 Å². The van der Waals surface area contributed by atoms with E-state index < -0.39 is 0 Å². The molecule has 30 heavy (non-hydrogen) atoms. The standard InChI is InChI=1S/C24H30N4O2/c1-17-14-28(15-18(2)30-17)16-19-9-11-20(12-10-19)24(29)25-13-5-8-23-26-21-6-3-4-7-22(21)27-23/h3-4,6-7,9-12,17-18H,5,8,13-16H2,1-2H3,(H,25,29)(H,26,27)/t17-,18+. The molecule has 158 valence electrons. The van der Waals surface area contributed by atoms with Crippen molar-refractivity contribution < 1.29 is 9.53 Å². The van der Waals surface area contributed by atoms with Crippen LogP contribution in [-0.4, -0.2) is 52.6 Å². The Kier molecular flexibility index (Phi) is 6.45. The highest BCUT2D eigenvalue weighted by Gasteiger charge is 2.22. The van der Waals surface area contributed by atoms with Crippen LogP contribution in [0.2, 0.25) is 0 Å². The molecule has 6 nitrogen and oxygen atoms in total. The minimum Gasteiger partial charge on any atom is -0.373 e. The number of carbonyl (C=O) groups is 1. The SMILES string of the molecule is C[C@@H]1CN(Cc2ccc(C(=O)NCCCc3nc4ccccc4[nH]3)cc2)C[C@H](C)O1. The summed E-state index contributed by atoms with van der Waals surface area (Å²) in [5, 5.41) is 3.01. The van der Waals surface area contributed by atoms with Crippen molar-refractivity contribution in [3.63, 3.8) is 0 Å². The van der Waals surface area contributed by atoms with Gasteiger partial charge in [-0.1, -0.05) is 24.3 Å². The summed E-state index contributed by atoms with van der Waals surface area (Å²) in [5.74, 6) is 0.932. The fraction of sp³-hybridized carbons (Fsp3) is 0.417. The molecule has 0 saturated carbocycles. The molecule has 0 bridgehead atoms. The zero-order valence-corrected chi connectivity index (χ0v) is 17.7. The number of morpholine rings is 1. The van der Waals surface area contributed by atoms with Crippen LogP contribution in [0.1, 0.15) is 42.0 Å². The monoisotopic (exact) mass is 406 g/mol. The number of para-hydroxylation sites is 2. The average molecular weight is 407 g/mol. The fourth-order valence-corrected chi connectivity index (χ4v) is 4.12. The van der Waals surface area contributed by atoms with E-state index in [9.17, 15) is 4.79 Å². The topological polar surface area (TPSA) is 70.2 Å². The van der Waals surface area contributed by atoms with E-state index in [1.807, 2.05) is 48.5 Å². The summed E-state index contributed by atoms with van der Waals surface area (Å²) < 4.78 is 5.79. The molecule has 1 aliphatic heterocycles. The van der Waals surface area contributed by atoms with Crippen molar-refractivity contribution in [3.05, 3.63) is 65.5 Å². The smallest absolute Gasteiger partial charge is 0.251 e. The van der Waals surface area contributed by atoms with Gasteiger partial charge in [-0.25, -0.2) is 4.98 Å². The van der Waals surface area contributed by atoms with Crippen LogP contribution in [0.15, 0.2) is 48.5 Å². The van der Waals surface area contributed by atoms with Gasteiger partial charge in [-0.05, 0) is 50.1 Å². The summed E-state index contributed by atoms with van der Waals surface area (Å²) in [5.41, 5.74) is 3.96. The lowest BCUT2D eigenvalue weighted by molar-refractivity contribution is -0.0704. The Balaban J connectivity index is 1.22. The van der Waals surface area contributed by atoms with Gasteiger partial charge in [0.2, 0.25) is 0 Å². The number of ether oxygens (including phenoxy) is 1. The minimum absolute atomic E-state index is 0.0280. The summed E-state index contributed by atoms with van der Waals surface area (Å²) in [7, 11) is 0. The lowest BCUT2D eigenvalue weighted by Gasteiger charge is -2.35. The molecule has 0 spiro atoms. The first kappa shape index (κ1) is 20.6. The van der Waals surface area contributed by atoms with E-state index in [0.29, 0.717) is 12.1 Å². The van der Waals surface area contributed by atoms with Crippen LogP contribution < -0.4 is 5.32 Å². The third-order valence-electron chi connectivity index (χ3n) is 5.43. The summed E-state index contributed by atoms with van der Waals surface area (Å²) in [6.07, 6.45) is 2.18. The van der Waals surface area contributed by atoms with E-state index >= 15 is 0 Å². The Morgan fingerprint density at radius 1 is 1.13 bits per heavy atom. The second-order valence-corrected chi connectivity index (χ2v) is 8.21. The maximum absolute atomic E-state index is 12.4. The number of hydrogen-bond acceptors (Lipinski definition) is 4. The number of carbonyl (C=O) groups excluding carboxylic acids is 1. The van der Waals surface area contributed by atoms with E-state index in [-0.39, 0.29) is 18.1 Å². The zero-order valence-electron chi connectivity index (χ0n) is 17.7. The molecule has 1 fully saturated rings. The molecule has 1 saturated heterocycles. The van der Waals surface area contributed by atoms with Crippen molar-refractivity contribution in [3.8, 4) is 0 Å². The Bertz CT molecular complexity index is 939. The number of nitrogens with zero attached hydrogens (tertiary/aromatic N) is 2. The zero-order chi connectivity index (χ0) is 20.9. The molecule has 2 aromatic carbocycles. The second kappa shape index (κ2) is 9.41. The van der Waals surface area contributed by atoms with Gasteiger partial charge in [0.1, 0.15) is 5.82 Å². The van der Waals surface area contributed by atoms with E-state index in [1.165, 1.54) is 5.56 Å². The van der Waals surface area contributed by atoms with Gasteiger partial charge in [0.25, 0.3) is 5.91 Å². The van der Waals surface area contributed by atoms with Gasteiger partial charge < -0.3 is 15.0 Å². The van der Waals surface area contributed by atoms with Crippen molar-refractivity contribution in [1.82, 2.24) is 20.2 Å². The number of imidazole rings is 1. The van der Waals surface area contributed by atoms with Gasteiger partial charge in [-0.15, -0.1) is 0 Å². The number of benzene rings is 2. The molecular weight excluding hydrogens is 376 g/mol. The maximum Gasteiger partial charge on any atom is 0.251 e. The second-order valence-electron chi connectivity index (χ2n) is 8.21. The van der Waals surface area contributed by atoms with E-state index in [1.54, 1.807) is 0 Å². The molecule has 0 radical (unpaired) electrons. The third-order valence-corrected chi connectivity index (χ3v) is 5.43. The van der Waals surface area contributed by atoms with Crippen molar-refractivity contribution in [2.75, 3.05) is 19.6 Å². The fourth-order valence-electron chi connectivity index (χ4n) is 4.12. The number of aromatic nitrogens is 2. The van der Waals surface area contributed by atoms with Crippen molar-refractivity contribution >= 4 is 16.9 Å². The molecular formula is C24H30N4O2. The van der Waals surface area contributed by atoms with Gasteiger partial charge in [0.15, 0.2) is 0 Å². The normalized spacial score (nSPS) is 19.8. The van der Waals surface area contributed by atoms with Crippen molar-refractivity contribution in [1.29, 1.82) is 0 Å². The average Bonchev–Trinajstić information content (AvgIpc) is 3.14. The van der Waals surface area contributed by atoms with Crippen molar-refractivity contribution in [2.45, 2.75) is 45.4 Å². The van der Waals surface area contributed by atoms with Gasteiger partial charge in [-0.2, -0.15) is 0 Å². The number of rotatable bonds is 7. The number of amides is 1. The summed E-state index contributed by atoms with van der Waals surface area (Å²) in [6, 6.07) is 15.9. The first-order chi connectivity index (χ1) is 14.6. The summed E-state index contributed by atoms with van der Waals surface area (Å²) >= 11 is 0. The molecule has 0 aliphatic carbocycles. The highest BCUT2D eigenvalue weighted by molar-refractivity contribution is 5.94. The quantitative estimate of drug-likeness (QED) is 0.589. The Morgan fingerprint density at radius 3 is 2.60 bits per heavy atom. The molecule has 4 rings (SSSR count). The maximum atomic E-state index is 12.4. The number of aromatic amines is 1. The largest absolute Gasteiger partial charge is 0.373 e. The van der Waals surface area contributed by atoms with E-state index in [2.05, 4.69) is 34.0 Å². The number of nitrogens with one attached hydrogen (secondary N) is 2. The number of fused-ring (bicyclic) bond motifs is 1. The van der Waals surface area contributed by atoms with Gasteiger partial charge >= 0.3 is 0 Å². The van der Waals surface area contributed by atoms with Crippen LogP contribution in [0.3, 0.4) is 0 Å². The molecule has 1 aliphatic rings. The van der Waals surface area contributed by atoms with Gasteiger partial charge in [-0.3, -0.25) is 9.69 Å². The lowest BCUT2D eigenvalue weighted by Crippen LogP contribution is -2.44. The molecule has 1 amide bonds. The number of hydrogen-bond donors (Lipinski definition) is 2. The highest BCUT2D eigenvalue weighted by Crippen LogP contribution is 2.15. The molecule has 2 atom stereocenters. The lowest BCUT2D eigenvalue weighted by atomic mass is 10.1. The summed E-state index contributed by atoms with van der Waals surface area (Å²) in [4.78, 5) is 22.7. The van der Waals surface area contributed by atoms with E-state index in [0.717, 1.165) is 49.3 Å². The van der Waals surface area contributed by atoms with Crippen LogP contribution >= 0.6 is 0 Å². The first-order valence-corrected chi connectivity index (χ1v) is 10.8. The predicted molar refractivity (Wildman–Crippen MR) is 118 cm³/mol. The van der Waals surface area contributed by atoms with Crippen LogP contribution in [0.5, 0.6) is 0 Å². The van der Waals surface area contributed by atoms with Crippen LogP contribution in [0.4, 0.5) is 0 Å². The Labute approximate surface area is 177 Å². The number of aryl methyl sites for hydroxylation is 1. The third kappa shape index (κ3) is 5.26. The van der Waals surface area contributed by atoms with Crippen LogP contribution in [-0.2, 0) is 17.7 Å². The number of H-pyrrole nitrogens is 1. The minimum atomic E-state index is -0.0280. The van der Waals surface area contributed by atoms with Gasteiger partial charge in [0.05, 0.1) is 23.2 Å². The molecule has 2 N–H and O–H groups in total. The molecule has 3 aromatic rings. The molecule has 1 aromatic heterocycles. The predicted octanol–water partition coefficient (Wildman–Crippen LogP) is 3.53. The van der Waals surface area contributed by atoms with Gasteiger partial charge in [0, 0.05) is 38.2 Å². The summed E-state index contributed by atoms with van der Waals surface area (Å²) in [6.45, 7) is 7.63.